The van der Waals surface area contributed by atoms with Crippen molar-refractivity contribution < 1.29 is 24.2 Å². The molecule has 2 aliphatic rings. The van der Waals surface area contributed by atoms with E-state index < -0.39 is 12.1 Å². The van der Waals surface area contributed by atoms with E-state index in [4.69, 9.17) is 9.47 Å². The molecule has 0 radical (unpaired) electrons. The molecule has 1 aliphatic carbocycles. The Hall–Kier alpha value is -2.08. The van der Waals surface area contributed by atoms with Gasteiger partial charge in [-0.25, -0.2) is 9.59 Å². The average molecular weight is 333 g/mol. The number of carbonyl (C=O) groups excluding carboxylic acids is 1. The molecule has 1 N–H and O–H groups in total. The van der Waals surface area contributed by atoms with Gasteiger partial charge in [-0.05, 0) is 49.3 Å². The van der Waals surface area contributed by atoms with E-state index in [0.717, 1.165) is 18.6 Å². The maximum atomic E-state index is 11.6. The average Bonchev–Trinajstić information content (AvgIpc) is 3.43. The Labute approximate surface area is 141 Å². The smallest absolute Gasteiger partial charge is 0.407 e. The van der Waals surface area contributed by atoms with E-state index in [0.29, 0.717) is 24.4 Å². The van der Waals surface area contributed by atoms with Crippen LogP contribution in [0.25, 0.3) is 0 Å². The van der Waals surface area contributed by atoms with E-state index >= 15 is 0 Å². The second kappa shape index (κ2) is 7.21. The molecule has 2 atom stereocenters. The number of carbonyl (C=O) groups is 2. The standard InChI is InChI=1S/C18H23NO5/c1-23-17(20)14-6-4-13(5-7-14)16-10-15(24-11-12-2-3-12)8-9-19(16)18(21)22/h4-7,12,15-16H,2-3,8-11H2,1H3,(H,21,22). The van der Waals surface area contributed by atoms with E-state index in [1.807, 2.05) is 0 Å². The molecule has 3 rings (SSSR count). The van der Waals surface area contributed by atoms with Gasteiger partial charge in [0.05, 0.1) is 24.8 Å². The monoisotopic (exact) mass is 333 g/mol. The SMILES string of the molecule is COC(=O)c1ccc(C2CC(OCC3CC3)CCN2C(=O)O)cc1. The highest BCUT2D eigenvalue weighted by atomic mass is 16.5. The molecule has 2 unspecified atom stereocenters. The summed E-state index contributed by atoms with van der Waals surface area (Å²) in [7, 11) is 1.34. The van der Waals surface area contributed by atoms with Gasteiger partial charge in [0.1, 0.15) is 0 Å². The fourth-order valence-corrected chi connectivity index (χ4v) is 3.15. The highest BCUT2D eigenvalue weighted by Gasteiger charge is 2.34. The number of amides is 1. The van der Waals surface area contributed by atoms with Crippen LogP contribution in [-0.4, -0.2) is 48.4 Å². The molecule has 1 saturated carbocycles. The molecule has 1 saturated heterocycles. The van der Waals surface area contributed by atoms with Crippen LogP contribution in [0.1, 0.15) is 47.6 Å². The predicted octanol–water partition coefficient (Wildman–Crippen LogP) is 3.08. The van der Waals surface area contributed by atoms with Gasteiger partial charge in [-0.1, -0.05) is 12.1 Å². The van der Waals surface area contributed by atoms with Crippen molar-refractivity contribution in [3.05, 3.63) is 35.4 Å². The van der Waals surface area contributed by atoms with Crippen molar-refractivity contribution in [2.45, 2.75) is 37.8 Å². The number of carboxylic acid groups (broad SMARTS) is 1. The molecule has 2 fully saturated rings. The Morgan fingerprint density at radius 1 is 1.21 bits per heavy atom. The highest BCUT2D eigenvalue weighted by Crippen LogP contribution is 2.35. The summed E-state index contributed by atoms with van der Waals surface area (Å²) in [5, 5.41) is 9.48. The van der Waals surface area contributed by atoms with Crippen LogP contribution in [0.3, 0.4) is 0 Å². The number of methoxy groups -OCH3 is 1. The van der Waals surface area contributed by atoms with E-state index in [1.165, 1.54) is 24.9 Å². The van der Waals surface area contributed by atoms with Crippen LogP contribution in [0.5, 0.6) is 0 Å². The van der Waals surface area contributed by atoms with Crippen LogP contribution in [-0.2, 0) is 9.47 Å². The van der Waals surface area contributed by atoms with Crippen LogP contribution in [0, 0.1) is 5.92 Å². The molecule has 0 aromatic heterocycles. The number of esters is 1. The lowest BCUT2D eigenvalue weighted by Crippen LogP contribution is -2.42. The Bertz CT molecular complexity index is 596. The lowest BCUT2D eigenvalue weighted by atomic mass is 9.93. The summed E-state index contributed by atoms with van der Waals surface area (Å²) in [4.78, 5) is 24.5. The van der Waals surface area contributed by atoms with Crippen LogP contribution in [0.15, 0.2) is 24.3 Å². The zero-order chi connectivity index (χ0) is 17.1. The molecule has 1 aliphatic heterocycles. The van der Waals surface area contributed by atoms with Crippen LogP contribution < -0.4 is 0 Å². The molecule has 1 aromatic rings. The molecule has 24 heavy (non-hydrogen) atoms. The van der Waals surface area contributed by atoms with Gasteiger partial charge in [0, 0.05) is 13.2 Å². The summed E-state index contributed by atoms with van der Waals surface area (Å²) in [5.41, 5.74) is 1.34. The molecule has 6 heteroatoms. The van der Waals surface area contributed by atoms with E-state index in [9.17, 15) is 14.7 Å². The van der Waals surface area contributed by atoms with E-state index in [2.05, 4.69) is 0 Å². The summed E-state index contributed by atoms with van der Waals surface area (Å²) in [5.74, 6) is 0.297. The van der Waals surface area contributed by atoms with Crippen molar-refractivity contribution >= 4 is 12.1 Å². The summed E-state index contributed by atoms with van der Waals surface area (Å²) < 4.78 is 10.7. The van der Waals surface area contributed by atoms with Crippen molar-refractivity contribution in [2.24, 2.45) is 5.92 Å². The van der Waals surface area contributed by atoms with Crippen molar-refractivity contribution in [1.29, 1.82) is 0 Å². The van der Waals surface area contributed by atoms with Gasteiger partial charge in [0.25, 0.3) is 0 Å². The number of nitrogens with zero attached hydrogens (tertiary/aromatic N) is 1. The second-order valence-corrected chi connectivity index (χ2v) is 6.53. The first-order chi connectivity index (χ1) is 11.6. The lowest BCUT2D eigenvalue weighted by Gasteiger charge is -2.38. The minimum absolute atomic E-state index is 0.0893. The van der Waals surface area contributed by atoms with Crippen LogP contribution in [0.4, 0.5) is 4.79 Å². The molecule has 6 nitrogen and oxygen atoms in total. The molecular weight excluding hydrogens is 310 g/mol. The molecule has 1 amide bonds. The summed E-state index contributed by atoms with van der Waals surface area (Å²) >= 11 is 0. The lowest BCUT2D eigenvalue weighted by molar-refractivity contribution is -0.0154. The van der Waals surface area contributed by atoms with Crippen molar-refractivity contribution in [3.8, 4) is 0 Å². The van der Waals surface area contributed by atoms with Gasteiger partial charge in [-0.15, -0.1) is 0 Å². The Kier molecular flexibility index (Phi) is 5.04. The van der Waals surface area contributed by atoms with Crippen molar-refractivity contribution in [2.75, 3.05) is 20.3 Å². The predicted molar refractivity (Wildman–Crippen MR) is 87.0 cm³/mol. The van der Waals surface area contributed by atoms with Crippen LogP contribution >= 0.6 is 0 Å². The number of rotatable bonds is 5. The molecule has 0 bridgehead atoms. The second-order valence-electron chi connectivity index (χ2n) is 6.53. The zero-order valence-corrected chi connectivity index (χ0v) is 13.8. The normalized spacial score (nSPS) is 23.8. The van der Waals surface area contributed by atoms with Crippen molar-refractivity contribution in [3.63, 3.8) is 0 Å². The quantitative estimate of drug-likeness (QED) is 0.838. The van der Waals surface area contributed by atoms with Crippen LogP contribution in [0.2, 0.25) is 0 Å². The molecule has 1 aromatic carbocycles. The third kappa shape index (κ3) is 3.87. The fourth-order valence-electron chi connectivity index (χ4n) is 3.15. The Morgan fingerprint density at radius 2 is 1.92 bits per heavy atom. The van der Waals surface area contributed by atoms with Crippen molar-refractivity contribution in [1.82, 2.24) is 4.90 Å². The first kappa shape index (κ1) is 16.8. The Balaban J connectivity index is 1.72. The summed E-state index contributed by atoms with van der Waals surface area (Å²) in [6.45, 7) is 1.25. The molecule has 130 valence electrons. The maximum absolute atomic E-state index is 11.6. The molecular formula is C18H23NO5. The minimum Gasteiger partial charge on any atom is -0.465 e. The third-order valence-corrected chi connectivity index (χ3v) is 4.78. The maximum Gasteiger partial charge on any atom is 0.407 e. The Morgan fingerprint density at radius 3 is 2.50 bits per heavy atom. The summed E-state index contributed by atoms with van der Waals surface area (Å²) in [6.07, 6.45) is 3.04. The van der Waals surface area contributed by atoms with Gasteiger partial charge < -0.3 is 19.5 Å². The number of benzene rings is 1. The highest BCUT2D eigenvalue weighted by molar-refractivity contribution is 5.89. The third-order valence-electron chi connectivity index (χ3n) is 4.78. The number of likely N-dealkylation sites (tertiary alicyclic amines) is 1. The number of piperidine rings is 1. The minimum atomic E-state index is -0.919. The van der Waals surface area contributed by atoms with E-state index in [1.54, 1.807) is 24.3 Å². The van der Waals surface area contributed by atoms with Gasteiger partial charge in [0.2, 0.25) is 0 Å². The van der Waals surface area contributed by atoms with E-state index in [-0.39, 0.29) is 12.1 Å². The number of hydrogen-bond donors (Lipinski definition) is 1. The first-order valence-corrected chi connectivity index (χ1v) is 8.38. The fraction of sp³-hybridized carbons (Fsp3) is 0.556. The largest absolute Gasteiger partial charge is 0.465 e. The molecule has 1 heterocycles. The van der Waals surface area contributed by atoms with Gasteiger partial charge in [-0.2, -0.15) is 0 Å². The number of ether oxygens (including phenoxy) is 2. The van der Waals surface area contributed by atoms with Gasteiger partial charge in [-0.3, -0.25) is 0 Å². The topological polar surface area (TPSA) is 76.1 Å². The zero-order valence-electron chi connectivity index (χ0n) is 13.8. The van der Waals surface area contributed by atoms with Gasteiger partial charge >= 0.3 is 12.1 Å². The summed E-state index contributed by atoms with van der Waals surface area (Å²) in [6, 6.07) is 6.71. The number of hydrogen-bond acceptors (Lipinski definition) is 4. The first-order valence-electron chi connectivity index (χ1n) is 8.38. The van der Waals surface area contributed by atoms with Gasteiger partial charge in [0.15, 0.2) is 0 Å². The molecule has 0 spiro atoms.